The number of aryl methyl sites for hydroxylation is 1. The van der Waals surface area contributed by atoms with Crippen LogP contribution in [0.15, 0.2) is 18.2 Å². The molecule has 0 aliphatic heterocycles. The second kappa shape index (κ2) is 7.60. The van der Waals surface area contributed by atoms with Gasteiger partial charge >= 0.3 is 0 Å². The first-order valence-electron chi connectivity index (χ1n) is 6.59. The van der Waals surface area contributed by atoms with Crippen molar-refractivity contribution in [1.82, 2.24) is 0 Å². The SMILES string of the molecule is CCC(C)C(=O)Nc1cc(C)cc(C#CCCO)c1. The number of carbonyl (C=O) groups is 1. The van der Waals surface area contributed by atoms with Crippen LogP contribution in [0.1, 0.15) is 37.8 Å². The smallest absolute Gasteiger partial charge is 0.227 e. The molecule has 0 aliphatic carbocycles. The minimum Gasteiger partial charge on any atom is -0.395 e. The molecular formula is C16H21NO2. The van der Waals surface area contributed by atoms with Gasteiger partial charge in [0.1, 0.15) is 0 Å². The molecule has 3 heteroatoms. The summed E-state index contributed by atoms with van der Waals surface area (Å²) >= 11 is 0. The molecular weight excluding hydrogens is 238 g/mol. The number of hydrogen-bond donors (Lipinski definition) is 2. The Morgan fingerprint density at radius 1 is 1.42 bits per heavy atom. The zero-order valence-corrected chi connectivity index (χ0v) is 11.8. The largest absolute Gasteiger partial charge is 0.395 e. The highest BCUT2D eigenvalue weighted by Crippen LogP contribution is 2.15. The number of aliphatic hydroxyl groups is 1. The molecule has 0 radical (unpaired) electrons. The van der Waals surface area contributed by atoms with Crippen molar-refractivity contribution in [2.45, 2.75) is 33.6 Å². The predicted octanol–water partition coefficient (Wildman–Crippen LogP) is 2.71. The maximum Gasteiger partial charge on any atom is 0.227 e. The van der Waals surface area contributed by atoms with E-state index < -0.39 is 0 Å². The Morgan fingerprint density at radius 3 is 2.79 bits per heavy atom. The Hall–Kier alpha value is -1.79. The Kier molecular flexibility index (Phi) is 6.11. The van der Waals surface area contributed by atoms with E-state index in [0.717, 1.165) is 23.2 Å². The van der Waals surface area contributed by atoms with Crippen LogP contribution >= 0.6 is 0 Å². The molecule has 1 aromatic rings. The van der Waals surface area contributed by atoms with Crippen LogP contribution in [0.25, 0.3) is 0 Å². The summed E-state index contributed by atoms with van der Waals surface area (Å²) in [4.78, 5) is 11.8. The van der Waals surface area contributed by atoms with Crippen molar-refractivity contribution >= 4 is 11.6 Å². The molecule has 1 unspecified atom stereocenters. The number of nitrogens with one attached hydrogen (secondary N) is 1. The molecule has 2 N–H and O–H groups in total. The highest BCUT2D eigenvalue weighted by molar-refractivity contribution is 5.92. The van der Waals surface area contributed by atoms with Gasteiger partial charge in [-0.1, -0.05) is 25.7 Å². The van der Waals surface area contributed by atoms with E-state index >= 15 is 0 Å². The molecule has 0 bridgehead atoms. The van der Waals surface area contributed by atoms with Gasteiger partial charge in [-0.15, -0.1) is 0 Å². The van der Waals surface area contributed by atoms with Crippen LogP contribution in [0.3, 0.4) is 0 Å². The molecule has 1 atom stereocenters. The lowest BCUT2D eigenvalue weighted by molar-refractivity contribution is -0.119. The average molecular weight is 259 g/mol. The quantitative estimate of drug-likeness (QED) is 0.817. The van der Waals surface area contributed by atoms with Crippen molar-refractivity contribution in [2.75, 3.05) is 11.9 Å². The lowest BCUT2D eigenvalue weighted by Gasteiger charge is -2.11. The van der Waals surface area contributed by atoms with Crippen LogP contribution in [-0.2, 0) is 4.79 Å². The highest BCUT2D eigenvalue weighted by atomic mass is 16.2. The summed E-state index contributed by atoms with van der Waals surface area (Å²) in [5, 5.41) is 11.6. The van der Waals surface area contributed by atoms with Crippen molar-refractivity contribution < 1.29 is 9.90 Å². The molecule has 3 nitrogen and oxygen atoms in total. The van der Waals surface area contributed by atoms with Crippen LogP contribution < -0.4 is 5.32 Å². The first kappa shape index (κ1) is 15.3. The molecule has 0 saturated carbocycles. The molecule has 0 aromatic heterocycles. The maximum absolute atomic E-state index is 11.8. The van der Waals surface area contributed by atoms with Crippen molar-refractivity contribution in [3.63, 3.8) is 0 Å². The van der Waals surface area contributed by atoms with Crippen molar-refractivity contribution in [3.05, 3.63) is 29.3 Å². The van der Waals surface area contributed by atoms with Crippen molar-refractivity contribution in [1.29, 1.82) is 0 Å². The minimum atomic E-state index is 0.00411. The topological polar surface area (TPSA) is 49.3 Å². The second-order valence-electron chi connectivity index (χ2n) is 4.66. The van der Waals surface area contributed by atoms with Crippen molar-refractivity contribution in [2.24, 2.45) is 5.92 Å². The molecule has 1 rings (SSSR count). The van der Waals surface area contributed by atoms with E-state index in [1.54, 1.807) is 0 Å². The third kappa shape index (κ3) is 5.15. The van der Waals surface area contributed by atoms with E-state index in [-0.39, 0.29) is 18.4 Å². The number of hydrogen-bond acceptors (Lipinski definition) is 2. The number of carbonyl (C=O) groups excluding carboxylic acids is 1. The lowest BCUT2D eigenvalue weighted by Crippen LogP contribution is -2.19. The Morgan fingerprint density at radius 2 is 2.16 bits per heavy atom. The Labute approximate surface area is 115 Å². The van der Waals surface area contributed by atoms with Crippen LogP contribution in [0.5, 0.6) is 0 Å². The monoisotopic (exact) mass is 259 g/mol. The maximum atomic E-state index is 11.8. The number of amides is 1. The van der Waals surface area contributed by atoms with Gasteiger partial charge in [0.25, 0.3) is 0 Å². The van der Waals surface area contributed by atoms with Gasteiger partial charge in [0.15, 0.2) is 0 Å². The summed E-state index contributed by atoms with van der Waals surface area (Å²) < 4.78 is 0. The van der Waals surface area contributed by atoms with E-state index in [0.29, 0.717) is 6.42 Å². The summed E-state index contributed by atoms with van der Waals surface area (Å²) in [5.74, 6) is 5.90. The van der Waals surface area contributed by atoms with E-state index in [9.17, 15) is 4.79 Å². The van der Waals surface area contributed by atoms with Crippen molar-refractivity contribution in [3.8, 4) is 11.8 Å². The molecule has 1 aromatic carbocycles. The Balaban J connectivity index is 2.85. The number of anilines is 1. The lowest BCUT2D eigenvalue weighted by atomic mass is 10.1. The summed E-state index contributed by atoms with van der Waals surface area (Å²) in [6.45, 7) is 5.94. The van der Waals surface area contributed by atoms with E-state index in [2.05, 4.69) is 17.2 Å². The van der Waals surface area contributed by atoms with Crippen LogP contribution in [-0.4, -0.2) is 17.6 Å². The van der Waals surface area contributed by atoms with E-state index in [1.165, 1.54) is 0 Å². The third-order valence-electron chi connectivity index (χ3n) is 2.87. The molecule has 19 heavy (non-hydrogen) atoms. The molecule has 102 valence electrons. The summed E-state index contributed by atoms with van der Waals surface area (Å²) in [7, 11) is 0. The van der Waals surface area contributed by atoms with Gasteiger partial charge in [-0.3, -0.25) is 4.79 Å². The predicted molar refractivity (Wildman–Crippen MR) is 77.8 cm³/mol. The standard InChI is InChI=1S/C16H21NO2/c1-4-13(3)16(19)17-15-10-12(2)9-14(11-15)7-5-6-8-18/h9-11,13,18H,4,6,8H2,1-3H3,(H,17,19). The molecule has 0 heterocycles. The average Bonchev–Trinajstić information content (AvgIpc) is 2.37. The second-order valence-corrected chi connectivity index (χ2v) is 4.66. The van der Waals surface area contributed by atoms with Crippen LogP contribution in [0.4, 0.5) is 5.69 Å². The molecule has 0 spiro atoms. The summed E-state index contributed by atoms with van der Waals surface area (Å²) in [6.07, 6.45) is 1.28. The fourth-order valence-electron chi connectivity index (χ4n) is 1.60. The van der Waals surface area contributed by atoms with E-state index in [1.807, 2.05) is 39.0 Å². The molecule has 0 fully saturated rings. The first-order valence-corrected chi connectivity index (χ1v) is 6.59. The first-order chi connectivity index (χ1) is 9.06. The fourth-order valence-corrected chi connectivity index (χ4v) is 1.60. The number of aliphatic hydroxyl groups excluding tert-OH is 1. The van der Waals surface area contributed by atoms with Gasteiger partial charge < -0.3 is 10.4 Å². The van der Waals surface area contributed by atoms with Crippen LogP contribution in [0, 0.1) is 24.7 Å². The zero-order chi connectivity index (χ0) is 14.3. The highest BCUT2D eigenvalue weighted by Gasteiger charge is 2.10. The normalized spacial score (nSPS) is 11.4. The van der Waals surface area contributed by atoms with Crippen LogP contribution in [0.2, 0.25) is 0 Å². The zero-order valence-electron chi connectivity index (χ0n) is 11.8. The van der Waals surface area contributed by atoms with Gasteiger partial charge in [0, 0.05) is 23.6 Å². The minimum absolute atomic E-state index is 0.00411. The molecule has 1 amide bonds. The van der Waals surface area contributed by atoms with Gasteiger partial charge in [0.2, 0.25) is 5.91 Å². The van der Waals surface area contributed by atoms with Gasteiger partial charge in [-0.2, -0.15) is 0 Å². The van der Waals surface area contributed by atoms with Gasteiger partial charge in [0.05, 0.1) is 6.61 Å². The summed E-state index contributed by atoms with van der Waals surface area (Å²) in [6, 6.07) is 5.75. The van der Waals surface area contributed by atoms with Gasteiger partial charge in [-0.25, -0.2) is 0 Å². The third-order valence-corrected chi connectivity index (χ3v) is 2.87. The number of benzene rings is 1. The molecule has 0 saturated heterocycles. The molecule has 0 aliphatic rings. The Bertz CT molecular complexity index is 497. The van der Waals surface area contributed by atoms with Gasteiger partial charge in [-0.05, 0) is 37.1 Å². The number of rotatable bonds is 4. The fraction of sp³-hybridized carbons (Fsp3) is 0.438. The van der Waals surface area contributed by atoms with E-state index in [4.69, 9.17) is 5.11 Å². The summed E-state index contributed by atoms with van der Waals surface area (Å²) in [5.41, 5.74) is 2.68.